The molecule has 2 aliphatic rings. The summed E-state index contributed by atoms with van der Waals surface area (Å²) < 4.78 is 0. The van der Waals surface area contributed by atoms with E-state index in [0.29, 0.717) is 6.54 Å². The average Bonchev–Trinajstić information content (AvgIpc) is 3.25. The first-order chi connectivity index (χ1) is 13.1. The number of aromatic nitrogens is 2. The number of hydrogen-bond donors (Lipinski definition) is 2. The molecule has 0 fully saturated rings. The van der Waals surface area contributed by atoms with Gasteiger partial charge in [-0.15, -0.1) is 0 Å². The number of fused-ring (bicyclic) bond motifs is 2. The number of H-pyrrole nitrogens is 1. The lowest BCUT2D eigenvalue weighted by Gasteiger charge is -2.18. The van der Waals surface area contributed by atoms with Crippen molar-refractivity contribution >= 4 is 22.5 Å². The normalized spacial score (nSPS) is 16.5. The average molecular weight is 359 g/mol. The van der Waals surface area contributed by atoms with Gasteiger partial charge in [0.1, 0.15) is 5.65 Å². The van der Waals surface area contributed by atoms with Crippen LogP contribution in [0.2, 0.25) is 0 Å². The van der Waals surface area contributed by atoms with Gasteiger partial charge in [0, 0.05) is 43.9 Å². The molecular formula is C23H25N3O. The zero-order chi connectivity index (χ0) is 18.5. The van der Waals surface area contributed by atoms with Crippen LogP contribution in [0.25, 0.3) is 27.7 Å². The number of hydrogen-bond acceptors (Lipinski definition) is 2. The lowest BCUT2D eigenvalue weighted by molar-refractivity contribution is 0.0966. The van der Waals surface area contributed by atoms with Gasteiger partial charge in [0.05, 0.1) is 0 Å². The van der Waals surface area contributed by atoms with E-state index >= 15 is 0 Å². The van der Waals surface area contributed by atoms with Gasteiger partial charge in [-0.1, -0.05) is 17.7 Å². The van der Waals surface area contributed by atoms with Gasteiger partial charge in [-0.3, -0.25) is 4.79 Å². The predicted molar refractivity (Wildman–Crippen MR) is 113 cm³/mol. The topological polar surface area (TPSA) is 57.8 Å². The van der Waals surface area contributed by atoms with Crippen molar-refractivity contribution in [3.8, 4) is 11.1 Å². The first-order valence-corrected chi connectivity index (χ1v) is 9.37. The number of benzene rings is 1. The molecule has 1 aromatic carbocycles. The number of aromatic amines is 1. The number of pyridine rings is 1. The van der Waals surface area contributed by atoms with Gasteiger partial charge in [-0.25, -0.2) is 4.98 Å². The quantitative estimate of drug-likeness (QED) is 0.636. The summed E-state index contributed by atoms with van der Waals surface area (Å²) in [6, 6.07) is 8.30. The molecule has 2 N–H and O–H groups in total. The van der Waals surface area contributed by atoms with Gasteiger partial charge in [-0.05, 0) is 67.2 Å². The van der Waals surface area contributed by atoms with Crippen LogP contribution < -0.4 is 5.32 Å². The Kier molecular flexibility index (Phi) is 3.54. The summed E-state index contributed by atoms with van der Waals surface area (Å²) in [4.78, 5) is 19.8. The van der Waals surface area contributed by atoms with E-state index in [4.69, 9.17) is 0 Å². The van der Waals surface area contributed by atoms with Crippen LogP contribution in [-0.2, 0) is 6.54 Å². The van der Waals surface area contributed by atoms with E-state index in [-0.39, 0.29) is 8.76 Å². The molecular weight excluding hydrogens is 334 g/mol. The molecule has 0 saturated heterocycles. The molecule has 1 amide bonds. The molecule has 0 unspecified atom stereocenters. The van der Waals surface area contributed by atoms with Crippen molar-refractivity contribution in [2.24, 2.45) is 0 Å². The fourth-order valence-electron chi connectivity index (χ4n) is 4.32. The molecule has 2 aromatic heterocycles. The van der Waals surface area contributed by atoms with Gasteiger partial charge < -0.3 is 10.3 Å². The van der Waals surface area contributed by atoms with Crippen LogP contribution in [0.15, 0.2) is 53.9 Å². The van der Waals surface area contributed by atoms with Gasteiger partial charge in [0.25, 0.3) is 5.91 Å². The Morgan fingerprint density at radius 3 is 2.85 bits per heavy atom. The molecule has 3 aromatic rings. The first-order valence-electron chi connectivity index (χ1n) is 9.37. The third-order valence-electron chi connectivity index (χ3n) is 5.71. The summed E-state index contributed by atoms with van der Waals surface area (Å²) in [5.41, 5.74) is 10.2. The van der Waals surface area contributed by atoms with Gasteiger partial charge in [0.15, 0.2) is 0 Å². The van der Waals surface area contributed by atoms with Crippen LogP contribution >= 0.6 is 0 Å². The summed E-state index contributed by atoms with van der Waals surface area (Å²) in [7, 11) is 0. The third-order valence-corrected chi connectivity index (χ3v) is 5.71. The molecule has 3 heterocycles. The number of carbonyl (C=O) groups excluding carboxylic acids is 1. The molecule has 1 aliphatic carbocycles. The highest BCUT2D eigenvalue weighted by Gasteiger charge is 2.20. The van der Waals surface area contributed by atoms with E-state index in [1.165, 1.54) is 22.3 Å². The number of allylic oxidation sites excluding steroid dienone is 4. The highest BCUT2D eigenvalue weighted by molar-refractivity contribution is 6.01. The maximum absolute atomic E-state index is 11.8. The zero-order valence-corrected chi connectivity index (χ0v) is 15.5. The minimum atomic E-state index is 0. The van der Waals surface area contributed by atoms with Crippen molar-refractivity contribution in [3.63, 3.8) is 0 Å². The van der Waals surface area contributed by atoms with E-state index in [0.717, 1.165) is 46.1 Å². The van der Waals surface area contributed by atoms with E-state index in [1.807, 2.05) is 24.5 Å². The molecule has 4 heteroatoms. The third kappa shape index (κ3) is 2.52. The standard InChI is InChI=1S/C23H21N3O.2H2/c1-13-4-3-5-14(2)21(13)17-9-19-20(12-25-22(19)24-11-17)15-6-7-18-16(8-15)10-26-23(18)27;;/h4,6-9,11-12H,3,5,10H2,1-2H3,(H,24,25)(H,26,27);2*1H. The minimum absolute atomic E-state index is 0. The maximum atomic E-state index is 11.8. The Balaban J connectivity index is 0.00000120. The number of nitrogens with one attached hydrogen (secondary N) is 2. The Morgan fingerprint density at radius 1 is 1.11 bits per heavy atom. The van der Waals surface area contributed by atoms with Crippen LogP contribution in [0.3, 0.4) is 0 Å². The molecule has 138 valence electrons. The fourth-order valence-corrected chi connectivity index (χ4v) is 4.32. The number of carbonyl (C=O) groups is 1. The summed E-state index contributed by atoms with van der Waals surface area (Å²) >= 11 is 0. The minimum Gasteiger partial charge on any atom is -0.348 e. The highest BCUT2D eigenvalue weighted by Crippen LogP contribution is 2.36. The molecule has 0 bridgehead atoms. The predicted octanol–water partition coefficient (Wildman–Crippen LogP) is 5.48. The maximum Gasteiger partial charge on any atom is 0.251 e. The SMILES string of the molecule is CC1=CCCC(C)=C1c1cnc2[nH]cc(-c3ccc4c(c3)CNC4=O)c2c1.[HH].[HH]. The van der Waals surface area contributed by atoms with Crippen molar-refractivity contribution < 1.29 is 7.65 Å². The Hall–Kier alpha value is -3.14. The van der Waals surface area contributed by atoms with E-state index in [9.17, 15) is 4.79 Å². The monoisotopic (exact) mass is 359 g/mol. The van der Waals surface area contributed by atoms with E-state index in [1.54, 1.807) is 0 Å². The Labute approximate surface area is 161 Å². The van der Waals surface area contributed by atoms with Crippen molar-refractivity contribution in [1.29, 1.82) is 0 Å². The van der Waals surface area contributed by atoms with Crippen LogP contribution in [0.4, 0.5) is 0 Å². The largest absolute Gasteiger partial charge is 0.348 e. The molecule has 1 aliphatic heterocycles. The highest BCUT2D eigenvalue weighted by atomic mass is 16.1. The lowest BCUT2D eigenvalue weighted by atomic mass is 9.88. The van der Waals surface area contributed by atoms with Crippen LogP contribution in [0, 0.1) is 0 Å². The summed E-state index contributed by atoms with van der Waals surface area (Å²) in [5, 5.41) is 4.00. The molecule has 0 atom stereocenters. The second kappa shape index (κ2) is 5.95. The van der Waals surface area contributed by atoms with E-state index in [2.05, 4.69) is 47.3 Å². The summed E-state index contributed by atoms with van der Waals surface area (Å²) in [6.45, 7) is 5.01. The molecule has 4 nitrogen and oxygen atoms in total. The summed E-state index contributed by atoms with van der Waals surface area (Å²) in [5.74, 6) is 0.0152. The van der Waals surface area contributed by atoms with Crippen molar-refractivity contribution in [1.82, 2.24) is 15.3 Å². The second-order valence-corrected chi connectivity index (χ2v) is 7.46. The molecule has 0 spiro atoms. The molecule has 0 saturated carbocycles. The summed E-state index contributed by atoms with van der Waals surface area (Å²) in [6.07, 6.45) is 8.52. The van der Waals surface area contributed by atoms with Crippen molar-refractivity contribution in [2.75, 3.05) is 0 Å². The second-order valence-electron chi connectivity index (χ2n) is 7.46. The number of nitrogens with zero attached hydrogens (tertiary/aromatic N) is 1. The van der Waals surface area contributed by atoms with Crippen LogP contribution in [0.1, 0.15) is 51.0 Å². The van der Waals surface area contributed by atoms with Gasteiger partial charge in [-0.2, -0.15) is 0 Å². The molecule has 27 heavy (non-hydrogen) atoms. The van der Waals surface area contributed by atoms with Crippen LogP contribution in [0.5, 0.6) is 0 Å². The van der Waals surface area contributed by atoms with E-state index < -0.39 is 0 Å². The van der Waals surface area contributed by atoms with Gasteiger partial charge >= 0.3 is 0 Å². The lowest BCUT2D eigenvalue weighted by Crippen LogP contribution is -2.12. The number of amides is 1. The molecule has 0 radical (unpaired) electrons. The van der Waals surface area contributed by atoms with Crippen molar-refractivity contribution in [2.45, 2.75) is 33.2 Å². The van der Waals surface area contributed by atoms with Crippen molar-refractivity contribution in [3.05, 3.63) is 70.6 Å². The Bertz CT molecular complexity index is 1170. The fraction of sp³-hybridized carbons (Fsp3) is 0.217. The smallest absolute Gasteiger partial charge is 0.251 e. The number of rotatable bonds is 2. The Morgan fingerprint density at radius 2 is 2.00 bits per heavy atom. The van der Waals surface area contributed by atoms with Gasteiger partial charge in [0.2, 0.25) is 0 Å². The van der Waals surface area contributed by atoms with Crippen LogP contribution in [-0.4, -0.2) is 15.9 Å². The zero-order valence-electron chi connectivity index (χ0n) is 15.5. The first kappa shape index (κ1) is 16.1. The molecule has 5 rings (SSSR count).